The quantitative estimate of drug-likeness (QED) is 0.792. The van der Waals surface area contributed by atoms with Crippen molar-refractivity contribution in [2.45, 2.75) is 48.3 Å². The maximum absolute atomic E-state index is 12.9. The number of carbonyl (C=O) groups is 1. The lowest BCUT2D eigenvalue weighted by Crippen LogP contribution is -2.67. The normalized spacial score (nSPS) is 29.8. The summed E-state index contributed by atoms with van der Waals surface area (Å²) in [5, 5.41) is 13.0. The number of carbonyl (C=O) groups excluding carboxylic acids is 1. The van der Waals surface area contributed by atoms with Crippen molar-refractivity contribution in [2.24, 2.45) is 0 Å². The number of nitrogens with one attached hydrogen (secondary N) is 1. The zero-order valence-corrected chi connectivity index (χ0v) is 17.4. The third-order valence-electron chi connectivity index (χ3n) is 7.81. The average molecular weight is 421 g/mol. The number of fused-ring (bicyclic) bond motifs is 3. The van der Waals surface area contributed by atoms with Crippen molar-refractivity contribution in [1.29, 1.82) is 0 Å². The first-order chi connectivity index (χ1) is 15.1. The molecule has 31 heavy (non-hydrogen) atoms. The van der Waals surface area contributed by atoms with Gasteiger partial charge in [-0.25, -0.2) is 4.79 Å². The lowest BCUT2D eigenvalue weighted by molar-refractivity contribution is -0.130. The molecule has 2 aromatic carbocycles. The lowest BCUT2D eigenvalue weighted by Gasteiger charge is -2.48. The molecule has 5 aliphatic rings. The molecule has 6 nitrogen and oxygen atoms in total. The molecule has 4 fully saturated rings. The summed E-state index contributed by atoms with van der Waals surface area (Å²) in [5.41, 5.74) is 3.33. The predicted octanol–water partition coefficient (Wildman–Crippen LogP) is 3.37. The number of benzene rings is 2. The minimum Gasteiger partial charge on any atom is -0.449 e. The van der Waals surface area contributed by atoms with Crippen LogP contribution in [0.1, 0.15) is 42.7 Å². The number of hydrogen-bond donors (Lipinski definition) is 2. The second-order valence-corrected chi connectivity index (χ2v) is 9.44. The largest absolute Gasteiger partial charge is 0.449 e. The average Bonchev–Trinajstić information content (AvgIpc) is 3.32. The Hall–Kier alpha value is -2.41. The molecule has 0 unspecified atom stereocenters. The SMILES string of the molecule is O=C(NC12CC(CO)(C1)OC21CCOCC1)OCC1c2ccccc2-c2ccccc21. The molecule has 6 heteroatoms. The lowest BCUT2D eigenvalue weighted by atomic mass is 9.60. The fourth-order valence-corrected chi connectivity index (χ4v) is 6.41. The van der Waals surface area contributed by atoms with Crippen LogP contribution < -0.4 is 5.32 Å². The fraction of sp³-hybridized carbons (Fsp3) is 0.480. The van der Waals surface area contributed by atoms with Gasteiger partial charge in [-0.15, -0.1) is 0 Å². The van der Waals surface area contributed by atoms with Gasteiger partial charge in [0.05, 0.1) is 23.3 Å². The first kappa shape index (κ1) is 19.3. The van der Waals surface area contributed by atoms with Crippen molar-refractivity contribution in [2.75, 3.05) is 26.4 Å². The van der Waals surface area contributed by atoms with E-state index in [4.69, 9.17) is 14.2 Å². The maximum Gasteiger partial charge on any atom is 0.407 e. The molecule has 7 rings (SSSR count). The van der Waals surface area contributed by atoms with Crippen LogP contribution in [0, 0.1) is 0 Å². The predicted molar refractivity (Wildman–Crippen MR) is 114 cm³/mol. The van der Waals surface area contributed by atoms with E-state index in [9.17, 15) is 9.90 Å². The number of aliphatic hydroxyl groups excluding tert-OH is 1. The zero-order valence-electron chi connectivity index (χ0n) is 17.4. The molecule has 0 aromatic heterocycles. The van der Waals surface area contributed by atoms with E-state index >= 15 is 0 Å². The van der Waals surface area contributed by atoms with Gasteiger partial charge in [-0.2, -0.15) is 0 Å². The molecule has 3 saturated heterocycles. The molecule has 162 valence electrons. The highest BCUT2D eigenvalue weighted by Gasteiger charge is 2.75. The summed E-state index contributed by atoms with van der Waals surface area (Å²) in [6.07, 6.45) is 2.28. The third-order valence-corrected chi connectivity index (χ3v) is 7.81. The molecule has 2 aliphatic carbocycles. The molecular formula is C25H27NO5. The Morgan fingerprint density at radius 1 is 1.03 bits per heavy atom. The molecule has 2 bridgehead atoms. The standard InChI is InChI=1S/C25H27NO5/c27-16-23-14-24(15-23,25(31-23)9-11-29-12-10-25)26-22(28)30-13-21-19-7-3-1-5-17(19)18-6-2-4-8-20(18)21/h1-8,21,27H,9-16H2,(H,26,28). The van der Waals surface area contributed by atoms with Crippen LogP contribution in [-0.4, -0.2) is 54.4 Å². The zero-order chi connectivity index (χ0) is 21.1. The van der Waals surface area contributed by atoms with E-state index < -0.39 is 22.8 Å². The molecule has 1 saturated carbocycles. The Labute approximate surface area is 181 Å². The summed E-state index contributed by atoms with van der Waals surface area (Å²) in [5.74, 6) is 0.0328. The second kappa shape index (κ2) is 6.79. The van der Waals surface area contributed by atoms with Gasteiger partial charge in [0.2, 0.25) is 0 Å². The number of hydrogen-bond acceptors (Lipinski definition) is 5. The van der Waals surface area contributed by atoms with Crippen molar-refractivity contribution < 1.29 is 24.1 Å². The van der Waals surface area contributed by atoms with Gasteiger partial charge >= 0.3 is 6.09 Å². The minimum absolute atomic E-state index is 0.0241. The monoisotopic (exact) mass is 421 g/mol. The van der Waals surface area contributed by atoms with E-state index in [1.165, 1.54) is 22.3 Å². The Balaban J connectivity index is 1.19. The van der Waals surface area contributed by atoms with Crippen molar-refractivity contribution in [3.05, 3.63) is 59.7 Å². The number of amides is 1. The van der Waals surface area contributed by atoms with E-state index in [1.807, 2.05) is 24.3 Å². The maximum atomic E-state index is 12.9. The van der Waals surface area contributed by atoms with Gasteiger partial charge in [0.1, 0.15) is 6.61 Å². The molecule has 1 amide bonds. The number of ether oxygens (including phenoxy) is 3. The Bertz CT molecular complexity index is 977. The van der Waals surface area contributed by atoms with E-state index in [2.05, 4.69) is 29.6 Å². The van der Waals surface area contributed by atoms with Gasteiger partial charge in [0, 0.05) is 44.8 Å². The van der Waals surface area contributed by atoms with E-state index in [0.29, 0.717) is 26.1 Å². The van der Waals surface area contributed by atoms with Crippen LogP contribution in [-0.2, 0) is 14.2 Å². The summed E-state index contributed by atoms with van der Waals surface area (Å²) < 4.78 is 17.7. The van der Waals surface area contributed by atoms with Crippen molar-refractivity contribution in [1.82, 2.24) is 5.32 Å². The highest BCUT2D eigenvalue weighted by Crippen LogP contribution is 2.63. The molecule has 3 aliphatic heterocycles. The summed E-state index contributed by atoms with van der Waals surface area (Å²) >= 11 is 0. The smallest absolute Gasteiger partial charge is 0.407 e. The molecule has 0 radical (unpaired) electrons. The van der Waals surface area contributed by atoms with Gasteiger partial charge < -0.3 is 24.6 Å². The van der Waals surface area contributed by atoms with E-state index in [-0.39, 0.29) is 19.1 Å². The van der Waals surface area contributed by atoms with Crippen LogP contribution in [0.4, 0.5) is 4.79 Å². The van der Waals surface area contributed by atoms with Crippen LogP contribution in [0.2, 0.25) is 0 Å². The van der Waals surface area contributed by atoms with Gasteiger partial charge in [0.15, 0.2) is 0 Å². The topological polar surface area (TPSA) is 77.0 Å². The summed E-state index contributed by atoms with van der Waals surface area (Å²) in [6, 6.07) is 16.6. The number of aliphatic hydroxyl groups is 1. The van der Waals surface area contributed by atoms with E-state index in [0.717, 1.165) is 12.8 Å². The number of rotatable bonds is 4. The van der Waals surface area contributed by atoms with Crippen LogP contribution in [0.15, 0.2) is 48.5 Å². The summed E-state index contributed by atoms with van der Waals surface area (Å²) in [4.78, 5) is 12.9. The highest BCUT2D eigenvalue weighted by atomic mass is 16.6. The van der Waals surface area contributed by atoms with Crippen LogP contribution in [0.3, 0.4) is 0 Å². The van der Waals surface area contributed by atoms with Crippen LogP contribution >= 0.6 is 0 Å². The highest BCUT2D eigenvalue weighted by molar-refractivity contribution is 5.79. The molecule has 0 atom stereocenters. The number of alkyl carbamates (subject to hydrolysis) is 1. The van der Waals surface area contributed by atoms with Gasteiger partial charge in [0.25, 0.3) is 0 Å². The summed E-state index contributed by atoms with van der Waals surface area (Å²) in [7, 11) is 0. The Morgan fingerprint density at radius 3 is 2.26 bits per heavy atom. The fourth-order valence-electron chi connectivity index (χ4n) is 6.41. The first-order valence-electron chi connectivity index (χ1n) is 11.1. The molecular weight excluding hydrogens is 394 g/mol. The minimum atomic E-state index is -0.534. The van der Waals surface area contributed by atoms with Crippen molar-refractivity contribution in [3.63, 3.8) is 0 Å². The molecule has 3 heterocycles. The first-order valence-corrected chi connectivity index (χ1v) is 11.1. The Kier molecular flexibility index (Phi) is 4.23. The second-order valence-electron chi connectivity index (χ2n) is 9.44. The molecule has 2 N–H and O–H groups in total. The van der Waals surface area contributed by atoms with Crippen molar-refractivity contribution in [3.8, 4) is 11.1 Å². The Morgan fingerprint density at radius 2 is 1.65 bits per heavy atom. The van der Waals surface area contributed by atoms with Crippen LogP contribution in [0.5, 0.6) is 0 Å². The third kappa shape index (κ3) is 2.71. The van der Waals surface area contributed by atoms with Crippen molar-refractivity contribution >= 4 is 6.09 Å². The van der Waals surface area contributed by atoms with Gasteiger partial charge in [-0.1, -0.05) is 48.5 Å². The van der Waals surface area contributed by atoms with Gasteiger partial charge in [-0.05, 0) is 22.3 Å². The summed E-state index contributed by atoms with van der Waals surface area (Å²) in [6.45, 7) is 1.48. The molecule has 2 aromatic rings. The van der Waals surface area contributed by atoms with E-state index in [1.54, 1.807) is 0 Å². The molecule has 1 spiro atoms. The van der Waals surface area contributed by atoms with Crippen LogP contribution in [0.25, 0.3) is 11.1 Å². The van der Waals surface area contributed by atoms with Gasteiger partial charge in [-0.3, -0.25) is 0 Å².